The number of aromatic amines is 1. The normalized spacial score (nSPS) is 30.1. The van der Waals surface area contributed by atoms with Gasteiger partial charge in [0.15, 0.2) is 24.0 Å². The molecule has 0 aliphatic carbocycles. The van der Waals surface area contributed by atoms with Crippen LogP contribution in [0.5, 0.6) is 0 Å². The average molecular weight is 818 g/mol. The number of aliphatic hydroxyl groups is 3. The molecule has 0 aromatic carbocycles. The van der Waals surface area contributed by atoms with Crippen molar-refractivity contribution in [2.75, 3.05) is 31.8 Å². The average Bonchev–Trinajstić information content (AvgIpc) is 3.77. The van der Waals surface area contributed by atoms with Gasteiger partial charge < -0.3 is 55.7 Å². The Morgan fingerprint density at radius 3 is 2.27 bits per heavy atom. The number of aliphatic hydroxyl groups excluding tert-OH is 3. The number of phosphoric ester groups is 2. The van der Waals surface area contributed by atoms with Crippen molar-refractivity contribution in [2.24, 2.45) is 7.05 Å². The predicted octanol–water partition coefficient (Wildman–Crippen LogP) is -3.07. The summed E-state index contributed by atoms with van der Waals surface area (Å²) in [6.07, 6.45) is -7.54. The molecule has 2 aliphatic heterocycles. The largest absolute Gasteiger partial charge is 0.479 e. The summed E-state index contributed by atoms with van der Waals surface area (Å²) < 4.78 is 64.6. The van der Waals surface area contributed by atoms with E-state index >= 15 is 0 Å². The third kappa shape index (κ3) is 7.69. The second-order valence-electron chi connectivity index (χ2n) is 11.3. The maximum Gasteiger partial charge on any atom is 0.479 e. The van der Waals surface area contributed by atoms with Crippen molar-refractivity contribution in [1.82, 2.24) is 34.1 Å². The Morgan fingerprint density at radius 1 is 1.00 bits per heavy atom. The lowest BCUT2D eigenvalue weighted by Gasteiger charge is -2.23. The van der Waals surface area contributed by atoms with Crippen LogP contribution in [0.2, 0.25) is 0 Å². The van der Waals surface area contributed by atoms with E-state index in [4.69, 9.17) is 34.7 Å². The highest BCUT2D eigenvalue weighted by molar-refractivity contribution is 8.09. The molecule has 11 N–H and O–H groups in total. The lowest BCUT2D eigenvalue weighted by atomic mass is 10.1. The van der Waals surface area contributed by atoms with Gasteiger partial charge in [0.05, 0.1) is 26.6 Å². The molecule has 52 heavy (non-hydrogen) atoms. The highest BCUT2D eigenvalue weighted by Crippen LogP contribution is 2.68. The van der Waals surface area contributed by atoms with Crippen LogP contribution in [0.15, 0.2) is 23.8 Å². The van der Waals surface area contributed by atoms with E-state index in [1.807, 2.05) is 0 Å². The molecule has 6 heterocycles. The quantitative estimate of drug-likeness (QED) is 0.0477. The van der Waals surface area contributed by atoms with Crippen molar-refractivity contribution in [3.05, 3.63) is 29.3 Å². The second-order valence-corrected chi connectivity index (χ2v) is 17.3. The van der Waals surface area contributed by atoms with E-state index in [0.29, 0.717) is 0 Å². The first kappa shape index (κ1) is 38.8. The molecule has 0 spiro atoms. The van der Waals surface area contributed by atoms with Crippen LogP contribution in [0.25, 0.3) is 22.3 Å². The molecular weight excluding hydrogens is 785 g/mol. The molecule has 3 unspecified atom stereocenters. The number of imidazole rings is 2. The third-order valence-electron chi connectivity index (χ3n) is 7.86. The summed E-state index contributed by atoms with van der Waals surface area (Å²) in [5.41, 5.74) is 11.4. The summed E-state index contributed by atoms with van der Waals surface area (Å²) in [6, 6.07) is 0. The van der Waals surface area contributed by atoms with Crippen LogP contribution in [0, 0.1) is 0 Å². The van der Waals surface area contributed by atoms with Gasteiger partial charge in [0, 0.05) is 7.11 Å². The first-order valence-corrected chi connectivity index (χ1v) is 20.2. The molecule has 26 nitrogen and oxygen atoms in total. The third-order valence-corrected chi connectivity index (χ3v) is 13.3. The SMILES string of the molecule is CO[C@@H]1[C@H](O)[C@@H](COP(=O)(O)OP(O)(=S)OP(=O)(O)OC[C@H]2O[C@@H](n3cnc4c(N)ncnc43)[C@H](O)[C@@H]2O)O[C@H]1[n+]1cn(C)c2c(=O)[nH]c(N)nc21. The molecule has 11 atom stereocenters. The van der Waals surface area contributed by atoms with E-state index in [9.17, 15) is 43.9 Å². The summed E-state index contributed by atoms with van der Waals surface area (Å²) in [7, 11) is -8.06. The van der Waals surface area contributed by atoms with E-state index < -0.39 is 90.2 Å². The van der Waals surface area contributed by atoms with Crippen LogP contribution in [0.3, 0.4) is 0 Å². The van der Waals surface area contributed by atoms with E-state index in [1.165, 1.54) is 33.5 Å². The van der Waals surface area contributed by atoms with Crippen molar-refractivity contribution < 1.29 is 75.6 Å². The Labute approximate surface area is 294 Å². The van der Waals surface area contributed by atoms with Gasteiger partial charge in [-0.3, -0.25) is 28.0 Å². The van der Waals surface area contributed by atoms with E-state index in [2.05, 4.69) is 45.3 Å². The predicted molar refractivity (Wildman–Crippen MR) is 173 cm³/mol. The molecule has 2 fully saturated rings. The zero-order chi connectivity index (χ0) is 37.9. The van der Waals surface area contributed by atoms with Crippen LogP contribution in [-0.4, -0.2) is 121 Å². The number of nitrogen functional groups attached to an aromatic ring is 2. The summed E-state index contributed by atoms with van der Waals surface area (Å²) in [4.78, 5) is 61.6. The Bertz CT molecular complexity index is 2190. The molecule has 0 saturated carbocycles. The van der Waals surface area contributed by atoms with Crippen LogP contribution in [0.1, 0.15) is 12.5 Å². The van der Waals surface area contributed by atoms with Crippen LogP contribution < -0.4 is 21.6 Å². The zero-order valence-corrected chi connectivity index (χ0v) is 30.1. The minimum Gasteiger partial charge on any atom is -0.387 e. The van der Waals surface area contributed by atoms with Crippen LogP contribution >= 0.6 is 22.4 Å². The Hall–Kier alpha value is -2.91. The monoisotopic (exact) mass is 817 g/mol. The molecule has 0 radical (unpaired) electrons. The number of nitrogens with one attached hydrogen (secondary N) is 1. The molecule has 286 valence electrons. The molecular formula is C22H32N10O16P3S+. The number of hydrogen-bond donors (Lipinski definition) is 9. The van der Waals surface area contributed by atoms with Gasteiger partial charge in [0.2, 0.25) is 11.7 Å². The fraction of sp³-hybridized carbons (Fsp3) is 0.545. The highest BCUT2D eigenvalue weighted by atomic mass is 32.5. The lowest BCUT2D eigenvalue weighted by Crippen LogP contribution is -2.47. The Morgan fingerprint density at radius 2 is 1.63 bits per heavy atom. The van der Waals surface area contributed by atoms with Gasteiger partial charge in [-0.05, 0) is 11.8 Å². The number of nitrogens with zero attached hydrogens (tertiary/aromatic N) is 7. The lowest BCUT2D eigenvalue weighted by molar-refractivity contribution is -0.746. The van der Waals surface area contributed by atoms with Crippen LogP contribution in [0.4, 0.5) is 11.8 Å². The summed E-state index contributed by atoms with van der Waals surface area (Å²) >= 11 is 4.61. The van der Waals surface area contributed by atoms with Gasteiger partial charge in [-0.15, -0.1) is 0 Å². The van der Waals surface area contributed by atoms with Crippen molar-refractivity contribution in [3.63, 3.8) is 0 Å². The number of ether oxygens (including phenoxy) is 3. The Kier molecular flexibility index (Phi) is 10.7. The maximum atomic E-state index is 12.7. The van der Waals surface area contributed by atoms with E-state index in [-0.39, 0.29) is 34.1 Å². The number of aryl methyl sites for hydroxylation is 1. The first-order valence-electron chi connectivity index (χ1n) is 14.6. The minimum atomic E-state index is -5.43. The topological polar surface area (TPSA) is 370 Å². The number of methoxy groups -OCH3 is 1. The summed E-state index contributed by atoms with van der Waals surface area (Å²) in [6.45, 7) is -6.94. The van der Waals surface area contributed by atoms with Crippen molar-refractivity contribution in [1.29, 1.82) is 0 Å². The van der Waals surface area contributed by atoms with Crippen molar-refractivity contribution in [3.8, 4) is 0 Å². The molecule has 0 amide bonds. The summed E-state index contributed by atoms with van der Waals surface area (Å²) in [5.74, 6) is -0.172. The molecule has 30 heteroatoms. The van der Waals surface area contributed by atoms with Crippen molar-refractivity contribution in [2.45, 2.75) is 49.1 Å². The van der Waals surface area contributed by atoms with E-state index in [0.717, 1.165) is 6.33 Å². The first-order chi connectivity index (χ1) is 24.3. The molecule has 0 bridgehead atoms. The molecule has 2 aliphatic rings. The number of nitrogens with two attached hydrogens (primary N) is 2. The van der Waals surface area contributed by atoms with Gasteiger partial charge in [-0.25, -0.2) is 37.3 Å². The summed E-state index contributed by atoms with van der Waals surface area (Å²) in [5, 5.41) is 31.9. The fourth-order valence-corrected chi connectivity index (χ4v) is 10.6. The minimum absolute atomic E-state index is 0.0347. The standard InChI is InChI=1S/C22H31N10O16P3S/c1-30-7-32(18-11(30)19(36)29-22(24)28-18)21-15(42-2)13(34)9(46-21)4-44-50(39,40)48-51(41,52)47-49(37,38)43-3-8-12(33)14(35)20(45-8)31-6-27-10-16(23)25-5-26-17(10)31/h5-9,12-15,20-21,33-35H,3-4H2,1-2H3,(H7-,23,24,25,26,28,29,36,37,38,39,40,41,52)/p+1/t8-,9-,12-,13-,14-,15-,20-,21-,51?/m1/s1. The van der Waals surface area contributed by atoms with Crippen LogP contribution in [-0.2, 0) is 59.9 Å². The zero-order valence-electron chi connectivity index (χ0n) is 26.6. The Balaban J connectivity index is 1.05. The second kappa shape index (κ2) is 14.4. The number of hydrogen-bond acceptors (Lipinski definition) is 20. The van der Waals surface area contributed by atoms with Gasteiger partial charge in [0.25, 0.3) is 11.5 Å². The number of fused-ring (bicyclic) bond motifs is 2. The number of aromatic nitrogens is 8. The fourth-order valence-electron chi connectivity index (χ4n) is 5.60. The number of anilines is 2. The number of phosphoric acid groups is 2. The van der Waals surface area contributed by atoms with Gasteiger partial charge in [-0.1, -0.05) is 4.98 Å². The van der Waals surface area contributed by atoms with E-state index in [1.54, 1.807) is 7.05 Å². The van der Waals surface area contributed by atoms with Gasteiger partial charge in [-0.2, -0.15) is 0 Å². The maximum absolute atomic E-state index is 12.7. The highest BCUT2D eigenvalue weighted by Gasteiger charge is 2.50. The number of H-pyrrole nitrogens is 1. The van der Waals surface area contributed by atoms with Crippen molar-refractivity contribution >= 4 is 68.3 Å². The van der Waals surface area contributed by atoms with Gasteiger partial charge >= 0.3 is 28.0 Å². The molecule has 6 rings (SSSR count). The smallest absolute Gasteiger partial charge is 0.387 e. The van der Waals surface area contributed by atoms with Gasteiger partial charge in [0.1, 0.15) is 48.5 Å². The number of rotatable bonds is 13. The molecule has 4 aromatic heterocycles. The molecule has 2 saturated heterocycles. The molecule has 4 aromatic rings.